The van der Waals surface area contributed by atoms with Crippen molar-refractivity contribution in [1.29, 1.82) is 0 Å². The summed E-state index contributed by atoms with van der Waals surface area (Å²) in [6.07, 6.45) is 6.41. The topological polar surface area (TPSA) is 36.9 Å². The van der Waals surface area contributed by atoms with Gasteiger partial charge in [-0.05, 0) is 52.7 Å². The molecule has 0 aliphatic carbocycles. The molecule has 1 rings (SSSR count). The van der Waals surface area contributed by atoms with Crippen molar-refractivity contribution in [3.05, 3.63) is 24.3 Å². The Morgan fingerprint density at radius 3 is 1.54 bits per heavy atom. The van der Waals surface area contributed by atoms with Crippen LogP contribution in [-0.2, 0) is 9.78 Å². The Kier molecular flexibility index (Phi) is 8.57. The first-order valence-electron chi connectivity index (χ1n) is 9.09. The number of rotatable bonds is 12. The van der Waals surface area contributed by atoms with Crippen LogP contribution in [0.25, 0.3) is 0 Å². The van der Waals surface area contributed by atoms with Gasteiger partial charge in [-0.25, -0.2) is 0 Å². The minimum atomic E-state index is -0.314. The first kappa shape index (κ1) is 20.8. The van der Waals surface area contributed by atoms with Gasteiger partial charge in [-0.15, -0.1) is 0 Å². The van der Waals surface area contributed by atoms with Gasteiger partial charge in [-0.1, -0.05) is 45.6 Å². The summed E-state index contributed by atoms with van der Waals surface area (Å²) in [6, 6.07) is 7.30. The van der Waals surface area contributed by atoms with Crippen LogP contribution >= 0.6 is 0 Å². The van der Waals surface area contributed by atoms with Crippen LogP contribution in [0.5, 0.6) is 11.5 Å². The van der Waals surface area contributed by atoms with E-state index in [1.54, 1.807) is 6.07 Å². The SMILES string of the molecule is CCCCC(C)(C)OOc1cccc(OOC(C)(C)CCCC)c1. The lowest BCUT2D eigenvalue weighted by atomic mass is 10.0. The van der Waals surface area contributed by atoms with Crippen LogP contribution in [-0.4, -0.2) is 11.2 Å². The summed E-state index contributed by atoms with van der Waals surface area (Å²) in [5, 5.41) is 0. The summed E-state index contributed by atoms with van der Waals surface area (Å²) >= 11 is 0. The van der Waals surface area contributed by atoms with E-state index in [9.17, 15) is 0 Å². The van der Waals surface area contributed by atoms with Crippen molar-refractivity contribution in [3.63, 3.8) is 0 Å². The van der Waals surface area contributed by atoms with Crippen LogP contribution in [0.4, 0.5) is 0 Å². The van der Waals surface area contributed by atoms with E-state index < -0.39 is 0 Å². The molecule has 0 spiro atoms. The van der Waals surface area contributed by atoms with Gasteiger partial charge in [0.05, 0.1) is 0 Å². The van der Waals surface area contributed by atoms with Crippen LogP contribution in [0.3, 0.4) is 0 Å². The Morgan fingerprint density at radius 2 is 1.17 bits per heavy atom. The van der Waals surface area contributed by atoms with Gasteiger partial charge in [0.15, 0.2) is 11.5 Å². The van der Waals surface area contributed by atoms with Crippen molar-refractivity contribution < 1.29 is 19.6 Å². The molecule has 0 atom stereocenters. The van der Waals surface area contributed by atoms with Gasteiger partial charge >= 0.3 is 0 Å². The molecule has 0 saturated carbocycles. The monoisotopic (exact) mass is 338 g/mol. The Balaban J connectivity index is 2.51. The molecular formula is C20H34O4. The molecule has 0 bridgehead atoms. The van der Waals surface area contributed by atoms with E-state index in [4.69, 9.17) is 19.6 Å². The molecule has 0 unspecified atom stereocenters. The largest absolute Gasteiger partial charge is 0.337 e. The zero-order valence-electron chi connectivity index (χ0n) is 16.2. The van der Waals surface area contributed by atoms with E-state index in [0.717, 1.165) is 38.5 Å². The standard InChI is InChI=1S/C20H34O4/c1-7-9-14-19(3,4)23-21-17-12-11-13-18(16-17)22-24-20(5,6)15-10-8-2/h11-13,16H,7-10,14-15H2,1-6H3. The quantitative estimate of drug-likeness (QED) is 0.334. The lowest BCUT2D eigenvalue weighted by molar-refractivity contribution is -0.287. The average molecular weight is 338 g/mol. The molecule has 24 heavy (non-hydrogen) atoms. The fourth-order valence-corrected chi connectivity index (χ4v) is 2.19. The summed E-state index contributed by atoms with van der Waals surface area (Å²) in [4.78, 5) is 22.1. The van der Waals surface area contributed by atoms with E-state index >= 15 is 0 Å². The van der Waals surface area contributed by atoms with Crippen molar-refractivity contribution in [2.24, 2.45) is 0 Å². The third kappa shape index (κ3) is 8.55. The predicted octanol–water partition coefficient (Wildman–Crippen LogP) is 6.25. The zero-order valence-corrected chi connectivity index (χ0v) is 16.2. The van der Waals surface area contributed by atoms with E-state index in [2.05, 4.69) is 13.8 Å². The molecule has 1 aromatic carbocycles. The molecule has 0 N–H and O–H groups in total. The van der Waals surface area contributed by atoms with Gasteiger partial charge in [0.2, 0.25) is 0 Å². The molecule has 0 amide bonds. The molecule has 138 valence electrons. The number of benzene rings is 1. The van der Waals surface area contributed by atoms with Crippen LogP contribution < -0.4 is 9.78 Å². The Hall–Kier alpha value is -1.26. The molecule has 0 aliphatic heterocycles. The second-order valence-corrected chi connectivity index (χ2v) is 7.53. The Morgan fingerprint density at radius 1 is 0.750 bits per heavy atom. The van der Waals surface area contributed by atoms with Crippen molar-refractivity contribution >= 4 is 0 Å². The summed E-state index contributed by atoms with van der Waals surface area (Å²) < 4.78 is 0. The lowest BCUT2D eigenvalue weighted by Crippen LogP contribution is -2.26. The van der Waals surface area contributed by atoms with Crippen molar-refractivity contribution in [2.75, 3.05) is 0 Å². The Labute approximate surface area is 147 Å². The predicted molar refractivity (Wildman–Crippen MR) is 97.1 cm³/mol. The third-order valence-electron chi connectivity index (χ3n) is 3.80. The van der Waals surface area contributed by atoms with Gasteiger partial charge in [-0.3, -0.25) is 0 Å². The van der Waals surface area contributed by atoms with Gasteiger partial charge in [0.25, 0.3) is 0 Å². The van der Waals surface area contributed by atoms with Crippen LogP contribution in [0, 0.1) is 0 Å². The summed E-state index contributed by atoms with van der Waals surface area (Å²) in [6.45, 7) is 12.5. The molecular weight excluding hydrogens is 304 g/mol. The van der Waals surface area contributed by atoms with Gasteiger partial charge < -0.3 is 9.78 Å². The molecule has 0 heterocycles. The van der Waals surface area contributed by atoms with E-state index in [1.807, 2.05) is 45.9 Å². The third-order valence-corrected chi connectivity index (χ3v) is 3.80. The second kappa shape index (κ2) is 9.90. The maximum atomic E-state index is 5.57. The average Bonchev–Trinajstić information content (AvgIpc) is 2.55. The molecule has 0 saturated heterocycles. The molecule has 0 radical (unpaired) electrons. The highest BCUT2D eigenvalue weighted by molar-refractivity contribution is 5.32. The van der Waals surface area contributed by atoms with E-state index in [0.29, 0.717) is 11.5 Å². The van der Waals surface area contributed by atoms with Gasteiger partial charge in [-0.2, -0.15) is 9.78 Å². The van der Waals surface area contributed by atoms with Crippen LogP contribution in [0.1, 0.15) is 80.1 Å². The maximum absolute atomic E-state index is 5.57. The summed E-state index contributed by atoms with van der Waals surface area (Å²) in [5.41, 5.74) is -0.628. The number of unbranched alkanes of at least 4 members (excludes halogenated alkanes) is 2. The zero-order chi connectivity index (χ0) is 18.1. The second-order valence-electron chi connectivity index (χ2n) is 7.53. The molecule has 4 heteroatoms. The van der Waals surface area contributed by atoms with Crippen LogP contribution in [0.15, 0.2) is 24.3 Å². The highest BCUT2D eigenvalue weighted by atomic mass is 17.2. The maximum Gasteiger partial charge on any atom is 0.169 e. The van der Waals surface area contributed by atoms with Crippen molar-refractivity contribution in [3.8, 4) is 11.5 Å². The fourth-order valence-electron chi connectivity index (χ4n) is 2.19. The molecule has 0 fully saturated rings. The van der Waals surface area contributed by atoms with Gasteiger partial charge in [0, 0.05) is 6.07 Å². The van der Waals surface area contributed by atoms with Gasteiger partial charge in [0.1, 0.15) is 11.2 Å². The van der Waals surface area contributed by atoms with E-state index in [1.165, 1.54) is 0 Å². The Bertz CT molecular complexity index is 429. The highest BCUT2D eigenvalue weighted by Gasteiger charge is 2.21. The smallest absolute Gasteiger partial charge is 0.169 e. The molecule has 1 aromatic rings. The minimum absolute atomic E-state index is 0.314. The fraction of sp³-hybridized carbons (Fsp3) is 0.700. The van der Waals surface area contributed by atoms with E-state index in [-0.39, 0.29) is 11.2 Å². The first-order valence-corrected chi connectivity index (χ1v) is 9.09. The highest BCUT2D eigenvalue weighted by Crippen LogP contribution is 2.26. The summed E-state index contributed by atoms with van der Waals surface area (Å²) in [5.74, 6) is 1.21. The van der Waals surface area contributed by atoms with Crippen molar-refractivity contribution in [1.82, 2.24) is 0 Å². The molecule has 4 nitrogen and oxygen atoms in total. The molecule has 0 aromatic heterocycles. The molecule has 0 aliphatic rings. The summed E-state index contributed by atoms with van der Waals surface area (Å²) in [7, 11) is 0. The minimum Gasteiger partial charge on any atom is -0.337 e. The normalized spacial score (nSPS) is 12.2. The first-order chi connectivity index (χ1) is 11.3. The van der Waals surface area contributed by atoms with Crippen LogP contribution in [0.2, 0.25) is 0 Å². The number of hydrogen-bond donors (Lipinski definition) is 0. The lowest BCUT2D eigenvalue weighted by Gasteiger charge is -2.24. The number of hydrogen-bond acceptors (Lipinski definition) is 4. The van der Waals surface area contributed by atoms with Crippen molar-refractivity contribution in [2.45, 2.75) is 91.3 Å².